The summed E-state index contributed by atoms with van der Waals surface area (Å²) in [5, 5.41) is 53.6. The molecule has 8 atom stereocenters. The van der Waals surface area contributed by atoms with Crippen LogP contribution >= 0.6 is 0 Å². The second-order valence-corrected chi connectivity index (χ2v) is 18.5. The number of ether oxygens (including phenoxy) is 1. The summed E-state index contributed by atoms with van der Waals surface area (Å²) >= 11 is 0. The van der Waals surface area contributed by atoms with E-state index in [0.717, 1.165) is 38.2 Å². The van der Waals surface area contributed by atoms with Crippen molar-refractivity contribution in [3.8, 4) is 5.75 Å². The van der Waals surface area contributed by atoms with Gasteiger partial charge < -0.3 is 61.5 Å². The molecule has 9 N–H and O–H groups in total. The van der Waals surface area contributed by atoms with Crippen LogP contribution in [-0.4, -0.2) is 160 Å². The Morgan fingerprint density at radius 2 is 1.42 bits per heavy atom. The van der Waals surface area contributed by atoms with E-state index in [1.165, 1.54) is 42.1 Å². The maximum Gasteiger partial charge on any atom is 0.329 e. The molecule has 2 rings (SSSR count). The van der Waals surface area contributed by atoms with Gasteiger partial charge in [-0.3, -0.25) is 33.6 Å². The summed E-state index contributed by atoms with van der Waals surface area (Å²) < 4.78 is 5.67. The second-order valence-electron chi connectivity index (χ2n) is 18.5. The lowest BCUT2D eigenvalue weighted by molar-refractivity contribution is -0.157. The highest BCUT2D eigenvalue weighted by molar-refractivity contribution is 5.95. The standard InChI is InChI=1S/C49H77N7O13/c1-10-11-12-13-14-15-16-17-39(61)51-36(27-58)45(64)54-43(30(4)5)47(66)52-35(26-57)38(60)25-40(62)53-42(29(2)3)46(65)50-33-20-23-41(63)56(9)44(31(6)7)48(67)55(8)37(49(68)69-28-33)24-32-18-21-34(59)22-19-32/h15-16,18-23,29-31,33,35-38,42-44,57-60H,10-14,17,24-28H2,1-9H3,(H,50,65)(H,51,61)(H,52,66)(H,53,62)(H,54,64)/b16-15-,23-20?/t33-,35+,36+,37+,38+,42+,43+,44+/m1/s1. The van der Waals surface area contributed by atoms with Crippen LogP contribution in [0.4, 0.5) is 0 Å². The number of aliphatic hydroxyl groups excluding tert-OH is 3. The predicted octanol–water partition coefficient (Wildman–Crippen LogP) is 0.746. The molecule has 0 radical (unpaired) electrons. The molecule has 1 aliphatic rings. The zero-order chi connectivity index (χ0) is 52.0. The van der Waals surface area contributed by atoms with Crippen LogP contribution in [-0.2, 0) is 49.5 Å². The number of nitrogens with zero attached hydrogens (tertiary/aromatic N) is 2. The minimum atomic E-state index is -1.69. The van der Waals surface area contributed by atoms with Crippen molar-refractivity contribution < 1.29 is 63.5 Å². The maximum atomic E-state index is 13.8. The highest BCUT2D eigenvalue weighted by Gasteiger charge is 2.38. The molecule has 0 unspecified atom stereocenters. The summed E-state index contributed by atoms with van der Waals surface area (Å²) in [4.78, 5) is 110. The summed E-state index contributed by atoms with van der Waals surface area (Å²) in [6.45, 7) is 10.1. The van der Waals surface area contributed by atoms with Gasteiger partial charge in [0.05, 0.1) is 37.8 Å². The monoisotopic (exact) mass is 972 g/mol. The van der Waals surface area contributed by atoms with Gasteiger partial charge in [-0.2, -0.15) is 0 Å². The number of unbranched alkanes of at least 4 members (excludes halogenated alkanes) is 4. The molecular weight excluding hydrogens is 895 g/mol. The van der Waals surface area contributed by atoms with Crippen LogP contribution in [0.5, 0.6) is 5.75 Å². The van der Waals surface area contributed by atoms with E-state index in [0.29, 0.717) is 5.56 Å². The van der Waals surface area contributed by atoms with Crippen molar-refractivity contribution in [3.63, 3.8) is 0 Å². The molecule has 0 saturated heterocycles. The average molecular weight is 972 g/mol. The largest absolute Gasteiger partial charge is 0.508 e. The third kappa shape index (κ3) is 19.6. The summed E-state index contributed by atoms with van der Waals surface area (Å²) in [6.07, 6.45) is 8.76. The van der Waals surface area contributed by atoms with Crippen molar-refractivity contribution in [2.24, 2.45) is 17.8 Å². The normalized spacial score (nSPS) is 19.3. The van der Waals surface area contributed by atoms with E-state index in [9.17, 15) is 58.8 Å². The highest BCUT2D eigenvalue weighted by Crippen LogP contribution is 2.20. The lowest BCUT2D eigenvalue weighted by Gasteiger charge is -2.36. The summed E-state index contributed by atoms with van der Waals surface area (Å²) in [5.41, 5.74) is 0.607. The Kier molecular flexibility index (Phi) is 25.7. The van der Waals surface area contributed by atoms with Gasteiger partial charge in [-0.25, -0.2) is 4.79 Å². The molecule has 0 aliphatic carbocycles. The number of esters is 1. The van der Waals surface area contributed by atoms with Gasteiger partial charge in [0.25, 0.3) is 0 Å². The fraction of sp³-hybridized carbons (Fsp3) is 0.633. The van der Waals surface area contributed by atoms with Crippen LogP contribution in [0.2, 0.25) is 0 Å². The zero-order valence-electron chi connectivity index (χ0n) is 41.6. The van der Waals surface area contributed by atoms with Gasteiger partial charge >= 0.3 is 5.97 Å². The number of carbonyl (C=O) groups is 8. The van der Waals surface area contributed by atoms with Crippen LogP contribution in [0.15, 0.2) is 48.6 Å². The number of amides is 7. The van der Waals surface area contributed by atoms with E-state index in [2.05, 4.69) is 33.5 Å². The van der Waals surface area contributed by atoms with Crippen LogP contribution < -0.4 is 26.6 Å². The number of hydrogen-bond acceptors (Lipinski definition) is 13. The number of hydrogen-bond donors (Lipinski definition) is 9. The first-order chi connectivity index (χ1) is 32.6. The first kappa shape index (κ1) is 59.3. The fourth-order valence-corrected chi connectivity index (χ4v) is 7.50. The van der Waals surface area contributed by atoms with Crippen molar-refractivity contribution in [1.82, 2.24) is 36.4 Å². The first-order valence-corrected chi connectivity index (χ1v) is 23.8. The van der Waals surface area contributed by atoms with Gasteiger partial charge in [-0.15, -0.1) is 0 Å². The van der Waals surface area contributed by atoms with Crippen LogP contribution in [0.1, 0.15) is 99.0 Å². The van der Waals surface area contributed by atoms with Crippen molar-refractivity contribution in [1.29, 1.82) is 0 Å². The van der Waals surface area contributed by atoms with Crippen molar-refractivity contribution in [2.75, 3.05) is 33.9 Å². The average Bonchev–Trinajstić information content (AvgIpc) is 3.29. The molecule has 1 aromatic carbocycles. The molecular formula is C49H77N7O13. The van der Waals surface area contributed by atoms with Gasteiger partial charge in [0.15, 0.2) is 0 Å². The fourth-order valence-electron chi connectivity index (χ4n) is 7.50. The molecule has 0 aromatic heterocycles. The van der Waals surface area contributed by atoms with Gasteiger partial charge in [0.2, 0.25) is 41.4 Å². The number of aliphatic hydroxyl groups is 3. The van der Waals surface area contributed by atoms with E-state index in [-0.39, 0.29) is 24.5 Å². The second kappa shape index (κ2) is 29.9. The first-order valence-electron chi connectivity index (χ1n) is 23.8. The number of cyclic esters (lactones) is 1. The Hall–Kier alpha value is -5.86. The molecule has 7 amide bonds. The van der Waals surface area contributed by atoms with E-state index in [1.807, 2.05) is 6.08 Å². The van der Waals surface area contributed by atoms with Gasteiger partial charge in [0, 0.05) is 33.0 Å². The number of phenolic OH excluding ortho intramolecular Hbond substituents is 1. The van der Waals surface area contributed by atoms with E-state index < -0.39 is 134 Å². The molecule has 69 heavy (non-hydrogen) atoms. The maximum absolute atomic E-state index is 13.8. The van der Waals surface area contributed by atoms with Crippen molar-refractivity contribution in [2.45, 2.75) is 148 Å². The number of rotatable bonds is 25. The third-order valence-corrected chi connectivity index (χ3v) is 11.7. The molecule has 20 heteroatoms. The Labute approximate surface area is 406 Å². The third-order valence-electron chi connectivity index (χ3n) is 11.7. The van der Waals surface area contributed by atoms with Gasteiger partial charge in [-0.05, 0) is 48.3 Å². The van der Waals surface area contributed by atoms with Gasteiger partial charge in [-0.1, -0.05) is 98.1 Å². The molecule has 386 valence electrons. The smallest absolute Gasteiger partial charge is 0.329 e. The molecule has 0 saturated carbocycles. The SMILES string of the molecule is CCCCCC/C=C\CC(=O)N[C@@H](CO)C(=O)N[C@H](C(=O)N[C@@H](CO)[C@@H](O)CC(=O)N[C@H](C(=O)N[C@@H]1C=CC(=O)N(C)[C@@H](C(C)C)C(=O)N(C)[C@@H](Cc2ccc(O)cc2)C(=O)OC1)C(C)C)C(C)C. The topological polar surface area (TPSA) is 293 Å². The van der Waals surface area contributed by atoms with E-state index >= 15 is 0 Å². The molecule has 0 fully saturated rings. The molecule has 0 spiro atoms. The number of carbonyl (C=O) groups excluding carboxylic acids is 8. The van der Waals surface area contributed by atoms with Crippen molar-refractivity contribution in [3.05, 3.63) is 54.1 Å². The van der Waals surface area contributed by atoms with Crippen molar-refractivity contribution >= 4 is 47.3 Å². The number of benzene rings is 1. The Morgan fingerprint density at radius 3 is 2.00 bits per heavy atom. The quantitative estimate of drug-likeness (QED) is 0.0372. The number of aromatic hydroxyl groups is 1. The molecule has 1 heterocycles. The number of allylic oxidation sites excluding steroid dienone is 1. The Morgan fingerprint density at radius 1 is 0.783 bits per heavy atom. The zero-order valence-corrected chi connectivity index (χ0v) is 41.6. The number of likely N-dealkylation sites (N-methyl/N-ethyl adjacent to an activating group) is 2. The molecule has 1 aliphatic heterocycles. The van der Waals surface area contributed by atoms with E-state index in [4.69, 9.17) is 4.74 Å². The Bertz CT molecular complexity index is 1920. The minimum Gasteiger partial charge on any atom is -0.508 e. The minimum absolute atomic E-state index is 0.00339. The molecule has 20 nitrogen and oxygen atoms in total. The molecule has 1 aromatic rings. The summed E-state index contributed by atoms with van der Waals surface area (Å²) in [5.74, 6) is -7.10. The number of nitrogens with one attached hydrogen (secondary N) is 5. The Balaban J connectivity index is 2.17. The summed E-state index contributed by atoms with van der Waals surface area (Å²) in [6, 6.07) is -2.44. The van der Waals surface area contributed by atoms with E-state index in [1.54, 1.807) is 59.8 Å². The summed E-state index contributed by atoms with van der Waals surface area (Å²) in [7, 11) is 2.89. The lowest BCUT2D eigenvalue weighted by Crippen LogP contribution is -2.59. The van der Waals surface area contributed by atoms with Crippen LogP contribution in [0.3, 0.4) is 0 Å². The van der Waals surface area contributed by atoms with Gasteiger partial charge in [0.1, 0.15) is 42.6 Å². The number of phenols is 1. The molecule has 0 bridgehead atoms. The van der Waals surface area contributed by atoms with Crippen LogP contribution in [0, 0.1) is 17.8 Å². The predicted molar refractivity (Wildman–Crippen MR) is 257 cm³/mol. The highest BCUT2D eigenvalue weighted by atomic mass is 16.5. The van der Waals surface area contributed by atoms with Crippen LogP contribution in [0.25, 0.3) is 0 Å². The lowest BCUT2D eigenvalue weighted by atomic mass is 9.98.